The first-order valence-corrected chi connectivity index (χ1v) is 7.28. The summed E-state index contributed by atoms with van der Waals surface area (Å²) in [4.78, 5) is 13.0. The van der Waals surface area contributed by atoms with E-state index in [2.05, 4.69) is 0 Å². The highest BCUT2D eigenvalue weighted by atomic mass is 35.5. The standard InChI is InChI=1S/C18H17N3O2.ClH/c1-19(2)21-16(22)13-15(14-9-5-3-6-10-14)17(18(21)23)20-11-7-4-8-12-20;/h3-13H,1-2H3;1H. The maximum atomic E-state index is 13.0. The molecule has 0 radical (unpaired) electrons. The summed E-state index contributed by atoms with van der Waals surface area (Å²) in [6.45, 7) is 0. The first kappa shape index (κ1) is 17.6. The van der Waals surface area contributed by atoms with Gasteiger partial charge in [0.15, 0.2) is 12.4 Å². The molecule has 2 aromatic heterocycles. The number of aromatic hydroxyl groups is 1. The van der Waals surface area contributed by atoms with Crippen molar-refractivity contribution in [2.24, 2.45) is 0 Å². The lowest BCUT2D eigenvalue weighted by Crippen LogP contribution is -3.00. The van der Waals surface area contributed by atoms with Gasteiger partial charge in [-0.1, -0.05) is 36.4 Å². The number of hydrogen-bond acceptors (Lipinski definition) is 3. The number of rotatable bonds is 3. The summed E-state index contributed by atoms with van der Waals surface area (Å²) in [5.74, 6) is -0.0980. The molecule has 3 rings (SSSR count). The molecule has 1 N–H and O–H groups in total. The van der Waals surface area contributed by atoms with Crippen molar-refractivity contribution in [3.63, 3.8) is 0 Å². The maximum absolute atomic E-state index is 13.0. The molecule has 0 saturated heterocycles. The van der Waals surface area contributed by atoms with Gasteiger partial charge in [-0.3, -0.25) is 4.79 Å². The van der Waals surface area contributed by atoms with Crippen LogP contribution in [0.4, 0.5) is 0 Å². The van der Waals surface area contributed by atoms with Gasteiger partial charge in [-0.05, 0) is 5.56 Å². The van der Waals surface area contributed by atoms with Crippen molar-refractivity contribution in [2.75, 3.05) is 19.1 Å². The van der Waals surface area contributed by atoms with Crippen LogP contribution in [0.3, 0.4) is 0 Å². The highest BCUT2D eigenvalue weighted by molar-refractivity contribution is 5.71. The smallest absolute Gasteiger partial charge is 0.345 e. The first-order chi connectivity index (χ1) is 11.1. The van der Waals surface area contributed by atoms with E-state index in [9.17, 15) is 9.90 Å². The average Bonchev–Trinajstić information content (AvgIpc) is 2.55. The molecule has 0 saturated carbocycles. The van der Waals surface area contributed by atoms with Crippen molar-refractivity contribution in [2.45, 2.75) is 0 Å². The Hall–Kier alpha value is -2.79. The highest BCUT2D eigenvalue weighted by Crippen LogP contribution is 2.25. The number of halogens is 1. The molecule has 124 valence electrons. The Morgan fingerprint density at radius 3 is 2.17 bits per heavy atom. The molecule has 0 atom stereocenters. The Kier molecular flexibility index (Phi) is 5.26. The first-order valence-electron chi connectivity index (χ1n) is 7.28. The van der Waals surface area contributed by atoms with E-state index in [0.29, 0.717) is 11.3 Å². The number of nitrogens with zero attached hydrogens (tertiary/aromatic N) is 3. The van der Waals surface area contributed by atoms with Crippen LogP contribution < -0.4 is 27.5 Å². The fourth-order valence-electron chi connectivity index (χ4n) is 2.60. The van der Waals surface area contributed by atoms with E-state index < -0.39 is 0 Å². The zero-order valence-corrected chi connectivity index (χ0v) is 14.2. The summed E-state index contributed by atoms with van der Waals surface area (Å²) in [7, 11) is 3.42. The van der Waals surface area contributed by atoms with Gasteiger partial charge in [0.05, 0.1) is 5.56 Å². The SMILES string of the molecule is CN(C)n1c(O)cc(-c2ccccc2)c(-[n+]2ccccc2)c1=O.[Cl-]. The average molecular weight is 344 g/mol. The van der Waals surface area contributed by atoms with Crippen LogP contribution in [-0.4, -0.2) is 23.9 Å². The predicted molar refractivity (Wildman–Crippen MR) is 89.4 cm³/mol. The normalized spacial score (nSPS) is 10.1. The summed E-state index contributed by atoms with van der Waals surface area (Å²) in [6.07, 6.45) is 3.64. The zero-order valence-electron chi connectivity index (χ0n) is 13.4. The van der Waals surface area contributed by atoms with Crippen LogP contribution in [0.15, 0.2) is 71.8 Å². The van der Waals surface area contributed by atoms with Crippen LogP contribution in [0.25, 0.3) is 16.8 Å². The predicted octanol–water partition coefficient (Wildman–Crippen LogP) is -1.30. The lowest BCUT2D eigenvalue weighted by Gasteiger charge is -2.18. The molecule has 0 spiro atoms. The minimum atomic E-state index is -0.287. The molecule has 0 bridgehead atoms. The molecule has 0 aliphatic heterocycles. The molecule has 5 nitrogen and oxygen atoms in total. The van der Waals surface area contributed by atoms with E-state index in [1.165, 1.54) is 4.68 Å². The number of hydrogen-bond donors (Lipinski definition) is 1. The van der Waals surface area contributed by atoms with E-state index in [-0.39, 0.29) is 23.8 Å². The summed E-state index contributed by atoms with van der Waals surface area (Å²) in [5.41, 5.74) is 1.76. The van der Waals surface area contributed by atoms with Gasteiger partial charge in [-0.25, -0.2) is 0 Å². The molecular weight excluding hydrogens is 326 g/mol. The van der Waals surface area contributed by atoms with E-state index in [1.54, 1.807) is 29.7 Å². The summed E-state index contributed by atoms with van der Waals surface area (Å²) >= 11 is 0. The highest BCUT2D eigenvalue weighted by Gasteiger charge is 2.24. The van der Waals surface area contributed by atoms with Gasteiger partial charge in [-0.2, -0.15) is 9.24 Å². The number of pyridine rings is 2. The largest absolute Gasteiger partial charge is 1.00 e. The van der Waals surface area contributed by atoms with Crippen LogP contribution in [0.2, 0.25) is 0 Å². The topological polar surface area (TPSA) is 49.4 Å². The second-order valence-corrected chi connectivity index (χ2v) is 5.38. The van der Waals surface area contributed by atoms with Crippen LogP contribution in [0, 0.1) is 0 Å². The van der Waals surface area contributed by atoms with Gasteiger partial charge in [-0.15, -0.1) is 0 Å². The van der Waals surface area contributed by atoms with Crippen molar-refractivity contribution in [3.05, 3.63) is 77.3 Å². The second kappa shape index (κ2) is 7.19. The Balaban J connectivity index is 0.00000208. The van der Waals surface area contributed by atoms with E-state index in [0.717, 1.165) is 5.56 Å². The molecule has 0 aliphatic rings. The van der Waals surface area contributed by atoms with E-state index in [4.69, 9.17) is 0 Å². The fraction of sp³-hybridized carbons (Fsp3) is 0.111. The third kappa shape index (κ3) is 3.12. The second-order valence-electron chi connectivity index (χ2n) is 5.38. The quantitative estimate of drug-likeness (QED) is 0.601. The molecule has 0 amide bonds. The van der Waals surface area contributed by atoms with Gasteiger partial charge < -0.3 is 22.5 Å². The van der Waals surface area contributed by atoms with Crippen molar-refractivity contribution >= 4 is 0 Å². The molecule has 1 aromatic carbocycles. The lowest BCUT2D eigenvalue weighted by molar-refractivity contribution is -0.596. The molecule has 0 unspecified atom stereocenters. The maximum Gasteiger partial charge on any atom is 0.345 e. The van der Waals surface area contributed by atoms with Gasteiger partial charge in [0, 0.05) is 32.3 Å². The summed E-state index contributed by atoms with van der Waals surface area (Å²) in [5, 5.41) is 11.8. The Labute approximate surface area is 146 Å². The van der Waals surface area contributed by atoms with Gasteiger partial charge in [0.1, 0.15) is 0 Å². The van der Waals surface area contributed by atoms with Gasteiger partial charge in [0.25, 0.3) is 5.69 Å². The summed E-state index contributed by atoms with van der Waals surface area (Å²) < 4.78 is 3.01. The Morgan fingerprint density at radius 1 is 1.00 bits per heavy atom. The van der Waals surface area contributed by atoms with Crippen LogP contribution in [0.5, 0.6) is 5.88 Å². The Morgan fingerprint density at radius 2 is 1.58 bits per heavy atom. The summed E-state index contributed by atoms with van der Waals surface area (Å²) in [6, 6.07) is 16.8. The van der Waals surface area contributed by atoms with Crippen LogP contribution >= 0.6 is 0 Å². The molecule has 0 aliphatic carbocycles. The van der Waals surface area contributed by atoms with Crippen molar-refractivity contribution in [1.82, 2.24) is 4.68 Å². The van der Waals surface area contributed by atoms with Gasteiger partial charge >= 0.3 is 5.56 Å². The van der Waals surface area contributed by atoms with E-state index in [1.807, 2.05) is 60.9 Å². The van der Waals surface area contributed by atoms with Crippen molar-refractivity contribution in [3.8, 4) is 22.7 Å². The zero-order chi connectivity index (χ0) is 16.4. The van der Waals surface area contributed by atoms with Crippen LogP contribution in [0.1, 0.15) is 0 Å². The molecule has 24 heavy (non-hydrogen) atoms. The molecular formula is C18H18ClN3O2. The molecule has 3 aromatic rings. The molecule has 6 heteroatoms. The number of benzene rings is 1. The minimum Gasteiger partial charge on any atom is -1.00 e. The molecule has 2 heterocycles. The van der Waals surface area contributed by atoms with Gasteiger partial charge in [0.2, 0.25) is 5.88 Å². The fourth-order valence-corrected chi connectivity index (χ4v) is 2.60. The van der Waals surface area contributed by atoms with Crippen molar-refractivity contribution in [1.29, 1.82) is 0 Å². The Bertz CT molecular complexity index is 878. The van der Waals surface area contributed by atoms with E-state index >= 15 is 0 Å². The monoisotopic (exact) mass is 343 g/mol. The third-order valence-electron chi connectivity index (χ3n) is 3.60. The number of aromatic nitrogens is 2. The minimum absolute atomic E-state index is 0. The molecule has 0 fully saturated rings. The third-order valence-corrected chi connectivity index (χ3v) is 3.60. The van der Waals surface area contributed by atoms with Crippen molar-refractivity contribution < 1.29 is 22.1 Å². The lowest BCUT2D eigenvalue weighted by atomic mass is 10.0. The van der Waals surface area contributed by atoms with Crippen LogP contribution in [-0.2, 0) is 0 Å².